The molecule has 102 valence electrons. The van der Waals surface area contributed by atoms with E-state index in [4.69, 9.17) is 4.74 Å². The summed E-state index contributed by atoms with van der Waals surface area (Å²) in [6.45, 7) is 4.72. The molecular weight excluding hydrogens is 292 g/mol. The van der Waals surface area contributed by atoms with Crippen LogP contribution in [0.1, 0.15) is 17.5 Å². The minimum atomic E-state index is 0.761. The second kappa shape index (κ2) is 7.77. The van der Waals surface area contributed by atoms with Crippen molar-refractivity contribution < 1.29 is 4.74 Å². The van der Waals surface area contributed by atoms with E-state index in [1.54, 1.807) is 0 Å². The van der Waals surface area contributed by atoms with Crippen LogP contribution in [0.5, 0.6) is 5.75 Å². The molecule has 18 heavy (non-hydrogen) atoms. The van der Waals surface area contributed by atoms with Crippen molar-refractivity contribution in [2.75, 3.05) is 34.3 Å². The first-order valence-corrected chi connectivity index (χ1v) is 7.05. The lowest BCUT2D eigenvalue weighted by atomic mass is 10.1. The second-order valence-corrected chi connectivity index (χ2v) is 5.66. The Hall–Kier alpha value is -0.580. The van der Waals surface area contributed by atoms with Gasteiger partial charge in [0, 0.05) is 23.1 Å². The molecule has 0 amide bonds. The molecule has 3 nitrogen and oxygen atoms in total. The van der Waals surface area contributed by atoms with Crippen LogP contribution in [0, 0.1) is 6.92 Å². The fourth-order valence-electron chi connectivity index (χ4n) is 1.88. The van der Waals surface area contributed by atoms with Crippen LogP contribution in [0.2, 0.25) is 0 Å². The van der Waals surface area contributed by atoms with Crippen LogP contribution in [0.15, 0.2) is 16.6 Å². The van der Waals surface area contributed by atoms with Crippen LogP contribution in [-0.4, -0.2) is 39.2 Å². The molecule has 0 saturated carbocycles. The summed E-state index contributed by atoms with van der Waals surface area (Å²) >= 11 is 3.53. The van der Waals surface area contributed by atoms with E-state index in [9.17, 15) is 0 Å². The number of nitrogens with one attached hydrogen (secondary N) is 1. The lowest BCUT2D eigenvalue weighted by Crippen LogP contribution is -2.16. The zero-order valence-electron chi connectivity index (χ0n) is 11.7. The summed E-state index contributed by atoms with van der Waals surface area (Å²) in [5, 5.41) is 3.18. The Kier molecular flexibility index (Phi) is 6.68. The third-order valence-corrected chi connectivity index (χ3v) is 3.14. The fraction of sp³-hybridized carbons (Fsp3) is 0.571. The van der Waals surface area contributed by atoms with E-state index in [2.05, 4.69) is 59.3 Å². The molecule has 1 aromatic carbocycles. The standard InChI is InChI=1S/C14H23BrN2O/c1-11-8-13(15)9-12(10-16-2)14(11)18-7-5-6-17(3)4/h8-9,16H,5-7,10H2,1-4H3. The van der Waals surface area contributed by atoms with Gasteiger partial charge in [-0.2, -0.15) is 0 Å². The predicted molar refractivity (Wildman–Crippen MR) is 80.3 cm³/mol. The van der Waals surface area contributed by atoms with Crippen LogP contribution in [0.3, 0.4) is 0 Å². The van der Waals surface area contributed by atoms with Crippen molar-refractivity contribution in [3.63, 3.8) is 0 Å². The van der Waals surface area contributed by atoms with E-state index >= 15 is 0 Å². The van der Waals surface area contributed by atoms with Gasteiger partial charge in [0.05, 0.1) is 6.61 Å². The molecule has 4 heteroatoms. The van der Waals surface area contributed by atoms with Gasteiger partial charge in [-0.3, -0.25) is 0 Å². The highest BCUT2D eigenvalue weighted by Gasteiger charge is 2.08. The van der Waals surface area contributed by atoms with Gasteiger partial charge in [0.2, 0.25) is 0 Å². The Labute approximate surface area is 119 Å². The lowest BCUT2D eigenvalue weighted by Gasteiger charge is -2.16. The van der Waals surface area contributed by atoms with Crippen LogP contribution in [0.4, 0.5) is 0 Å². The van der Waals surface area contributed by atoms with Gasteiger partial charge in [-0.05, 0) is 52.2 Å². The average Bonchev–Trinajstić information content (AvgIpc) is 2.26. The predicted octanol–water partition coefficient (Wildman–Crippen LogP) is 2.81. The van der Waals surface area contributed by atoms with E-state index in [0.717, 1.165) is 36.3 Å². The number of nitrogens with zero attached hydrogens (tertiary/aromatic N) is 1. The van der Waals surface area contributed by atoms with Crippen LogP contribution < -0.4 is 10.1 Å². The van der Waals surface area contributed by atoms with Crippen molar-refractivity contribution in [1.82, 2.24) is 10.2 Å². The van der Waals surface area contributed by atoms with Gasteiger partial charge < -0.3 is 15.0 Å². The molecule has 1 aromatic rings. The van der Waals surface area contributed by atoms with Crippen LogP contribution >= 0.6 is 15.9 Å². The number of halogens is 1. The first-order chi connectivity index (χ1) is 8.54. The molecule has 0 aliphatic heterocycles. The van der Waals surface area contributed by atoms with Gasteiger partial charge in [0.1, 0.15) is 5.75 Å². The van der Waals surface area contributed by atoms with E-state index < -0.39 is 0 Å². The summed E-state index contributed by atoms with van der Waals surface area (Å²) in [7, 11) is 6.11. The summed E-state index contributed by atoms with van der Waals surface area (Å²) in [6, 6.07) is 4.21. The third kappa shape index (κ3) is 4.96. The topological polar surface area (TPSA) is 24.5 Å². The first kappa shape index (κ1) is 15.5. The monoisotopic (exact) mass is 314 g/mol. The largest absolute Gasteiger partial charge is 0.493 e. The van der Waals surface area contributed by atoms with Gasteiger partial charge in [0.15, 0.2) is 0 Å². The van der Waals surface area contributed by atoms with E-state index in [1.807, 2.05) is 7.05 Å². The maximum absolute atomic E-state index is 5.94. The summed E-state index contributed by atoms with van der Waals surface area (Å²) in [5.74, 6) is 1.02. The highest BCUT2D eigenvalue weighted by atomic mass is 79.9. The number of benzene rings is 1. The lowest BCUT2D eigenvalue weighted by molar-refractivity contribution is 0.277. The molecule has 0 unspecified atom stereocenters. The minimum Gasteiger partial charge on any atom is -0.493 e. The van der Waals surface area contributed by atoms with Gasteiger partial charge in [-0.15, -0.1) is 0 Å². The fourth-order valence-corrected chi connectivity index (χ4v) is 2.50. The average molecular weight is 315 g/mol. The van der Waals surface area contributed by atoms with Gasteiger partial charge >= 0.3 is 0 Å². The molecule has 1 rings (SSSR count). The molecule has 0 bridgehead atoms. The number of aryl methyl sites for hydroxylation is 1. The normalized spacial score (nSPS) is 11.0. The molecule has 0 fully saturated rings. The molecule has 0 saturated heterocycles. The number of hydrogen-bond donors (Lipinski definition) is 1. The molecular formula is C14H23BrN2O. The molecule has 1 N–H and O–H groups in total. The summed E-state index contributed by atoms with van der Waals surface area (Å²) in [4.78, 5) is 2.17. The second-order valence-electron chi connectivity index (χ2n) is 4.75. The molecule has 0 atom stereocenters. The molecule has 0 aliphatic carbocycles. The number of ether oxygens (including phenoxy) is 1. The quantitative estimate of drug-likeness (QED) is 0.783. The van der Waals surface area contributed by atoms with Crippen LogP contribution in [0.25, 0.3) is 0 Å². The highest BCUT2D eigenvalue weighted by Crippen LogP contribution is 2.28. The Morgan fingerprint density at radius 1 is 1.33 bits per heavy atom. The van der Waals surface area contributed by atoms with Crippen LogP contribution in [-0.2, 0) is 6.54 Å². The van der Waals surface area contributed by atoms with Crippen molar-refractivity contribution in [3.05, 3.63) is 27.7 Å². The summed E-state index contributed by atoms with van der Waals surface area (Å²) < 4.78 is 7.04. The van der Waals surface area contributed by atoms with Crippen molar-refractivity contribution in [2.24, 2.45) is 0 Å². The molecule has 0 radical (unpaired) electrons. The Bertz CT molecular complexity index is 380. The Balaban J connectivity index is 2.67. The maximum Gasteiger partial charge on any atom is 0.126 e. The van der Waals surface area contributed by atoms with Gasteiger partial charge in [-0.25, -0.2) is 0 Å². The van der Waals surface area contributed by atoms with E-state index in [1.165, 1.54) is 11.1 Å². The van der Waals surface area contributed by atoms with Crippen molar-refractivity contribution in [2.45, 2.75) is 19.9 Å². The minimum absolute atomic E-state index is 0.761. The molecule has 0 aliphatic rings. The molecule has 0 aromatic heterocycles. The number of rotatable bonds is 7. The van der Waals surface area contributed by atoms with Gasteiger partial charge in [0.25, 0.3) is 0 Å². The van der Waals surface area contributed by atoms with Gasteiger partial charge in [-0.1, -0.05) is 15.9 Å². The zero-order valence-corrected chi connectivity index (χ0v) is 13.3. The van der Waals surface area contributed by atoms with E-state index in [0.29, 0.717) is 0 Å². The first-order valence-electron chi connectivity index (χ1n) is 6.25. The van der Waals surface area contributed by atoms with Crippen molar-refractivity contribution in [3.8, 4) is 5.75 Å². The SMILES string of the molecule is CNCc1cc(Br)cc(C)c1OCCCN(C)C. The van der Waals surface area contributed by atoms with Crippen molar-refractivity contribution in [1.29, 1.82) is 0 Å². The molecule has 0 spiro atoms. The highest BCUT2D eigenvalue weighted by molar-refractivity contribution is 9.10. The number of hydrogen-bond acceptors (Lipinski definition) is 3. The smallest absolute Gasteiger partial charge is 0.126 e. The Morgan fingerprint density at radius 3 is 2.67 bits per heavy atom. The van der Waals surface area contributed by atoms with E-state index in [-0.39, 0.29) is 0 Å². The van der Waals surface area contributed by atoms with Crippen molar-refractivity contribution >= 4 is 15.9 Å². The Morgan fingerprint density at radius 2 is 2.06 bits per heavy atom. The summed E-state index contributed by atoms with van der Waals surface area (Å²) in [5.41, 5.74) is 2.38. The maximum atomic E-state index is 5.94. The molecule has 0 heterocycles. The third-order valence-electron chi connectivity index (χ3n) is 2.68. The summed E-state index contributed by atoms with van der Waals surface area (Å²) in [6.07, 6.45) is 1.04. The zero-order chi connectivity index (χ0) is 13.5.